The highest BCUT2D eigenvalue weighted by molar-refractivity contribution is 7.99. The van der Waals surface area contributed by atoms with Crippen molar-refractivity contribution < 1.29 is 4.79 Å². The summed E-state index contributed by atoms with van der Waals surface area (Å²) in [5.41, 5.74) is 3.86. The number of hydrogen-bond donors (Lipinski definition) is 1. The molecule has 0 aliphatic heterocycles. The van der Waals surface area contributed by atoms with Gasteiger partial charge in [-0.15, -0.1) is 10.2 Å². The van der Waals surface area contributed by atoms with Crippen molar-refractivity contribution in [2.45, 2.75) is 24.0 Å². The van der Waals surface area contributed by atoms with E-state index in [0.717, 1.165) is 27.5 Å². The zero-order valence-corrected chi connectivity index (χ0v) is 23.3. The molecule has 0 unspecified atom stereocenters. The van der Waals surface area contributed by atoms with Crippen molar-refractivity contribution in [1.29, 1.82) is 0 Å². The van der Waals surface area contributed by atoms with E-state index < -0.39 is 0 Å². The van der Waals surface area contributed by atoms with Crippen LogP contribution in [0.15, 0.2) is 114 Å². The number of carbonyl (C=O) groups excluding carboxylic acids is 1. The summed E-state index contributed by atoms with van der Waals surface area (Å²) >= 11 is 14.1. The van der Waals surface area contributed by atoms with Crippen LogP contribution in [0.3, 0.4) is 0 Å². The van der Waals surface area contributed by atoms with Crippen molar-refractivity contribution in [3.63, 3.8) is 0 Å². The second-order valence-corrected chi connectivity index (χ2v) is 10.8. The van der Waals surface area contributed by atoms with Gasteiger partial charge in [-0.1, -0.05) is 126 Å². The fourth-order valence-electron chi connectivity index (χ4n) is 4.27. The summed E-state index contributed by atoms with van der Waals surface area (Å²) in [6.07, 6.45) is 1.08. The number of hydrogen-bond acceptors (Lipinski definition) is 4. The van der Waals surface area contributed by atoms with E-state index in [1.165, 1.54) is 0 Å². The van der Waals surface area contributed by atoms with E-state index in [-0.39, 0.29) is 11.9 Å². The zero-order valence-electron chi connectivity index (χ0n) is 21.0. The number of amides is 1. The molecule has 1 amide bonds. The Morgan fingerprint density at radius 2 is 1.41 bits per heavy atom. The smallest absolute Gasteiger partial charge is 0.220 e. The maximum Gasteiger partial charge on any atom is 0.220 e. The van der Waals surface area contributed by atoms with Crippen molar-refractivity contribution >= 4 is 40.9 Å². The Kier molecular flexibility index (Phi) is 8.99. The topological polar surface area (TPSA) is 59.8 Å². The Balaban J connectivity index is 1.27. The Hall–Kier alpha value is -3.58. The van der Waals surface area contributed by atoms with Crippen molar-refractivity contribution in [1.82, 2.24) is 20.1 Å². The molecular weight excluding hydrogens is 547 g/mol. The van der Waals surface area contributed by atoms with Crippen LogP contribution in [-0.4, -0.2) is 26.4 Å². The molecule has 0 radical (unpaired) electrons. The maximum absolute atomic E-state index is 13.0. The summed E-state index contributed by atoms with van der Waals surface area (Å²) < 4.78 is 1.98. The lowest BCUT2D eigenvalue weighted by molar-refractivity contribution is -0.121. The van der Waals surface area contributed by atoms with Crippen LogP contribution in [0.5, 0.6) is 0 Å². The lowest BCUT2D eigenvalue weighted by atomic mass is 9.98. The van der Waals surface area contributed by atoms with E-state index in [9.17, 15) is 4.79 Å². The lowest BCUT2D eigenvalue weighted by Gasteiger charge is -2.20. The van der Waals surface area contributed by atoms with Crippen LogP contribution in [-0.2, 0) is 4.79 Å². The number of nitrogens with zero attached hydrogens (tertiary/aromatic N) is 3. The largest absolute Gasteiger partial charge is 0.345 e. The van der Waals surface area contributed by atoms with Gasteiger partial charge in [0.15, 0.2) is 11.0 Å². The van der Waals surface area contributed by atoms with E-state index >= 15 is 0 Å². The van der Waals surface area contributed by atoms with E-state index in [0.29, 0.717) is 34.5 Å². The summed E-state index contributed by atoms with van der Waals surface area (Å²) in [6, 6.07) is 35.2. The molecular formula is C31H26Cl2N4OS. The van der Waals surface area contributed by atoms with Crippen molar-refractivity contribution in [3.8, 4) is 17.1 Å². The Bertz CT molecular complexity index is 1490. The Morgan fingerprint density at radius 3 is 2.03 bits per heavy atom. The van der Waals surface area contributed by atoms with Crippen LogP contribution < -0.4 is 5.32 Å². The number of nitrogens with one attached hydrogen (secondary N) is 1. The maximum atomic E-state index is 13.0. The van der Waals surface area contributed by atoms with Crippen LogP contribution in [0.25, 0.3) is 17.1 Å². The molecule has 0 atom stereocenters. The van der Waals surface area contributed by atoms with Crippen LogP contribution in [0.4, 0.5) is 0 Å². The first-order chi connectivity index (χ1) is 19.1. The molecule has 5 rings (SSSR count). The lowest BCUT2D eigenvalue weighted by Crippen LogP contribution is -2.29. The van der Waals surface area contributed by atoms with Gasteiger partial charge in [0.25, 0.3) is 0 Å². The number of halogens is 2. The summed E-state index contributed by atoms with van der Waals surface area (Å²) in [7, 11) is 0. The Morgan fingerprint density at radius 1 is 0.795 bits per heavy atom. The molecule has 1 heterocycles. The average molecular weight is 574 g/mol. The highest BCUT2D eigenvalue weighted by Gasteiger charge is 2.19. The zero-order chi connectivity index (χ0) is 27.0. The first-order valence-electron chi connectivity index (χ1n) is 12.6. The second-order valence-electron chi connectivity index (χ2n) is 8.88. The third kappa shape index (κ3) is 6.71. The van der Waals surface area contributed by atoms with E-state index in [1.54, 1.807) is 17.8 Å². The minimum absolute atomic E-state index is 0.00392. The minimum atomic E-state index is -0.196. The number of benzene rings is 4. The molecule has 8 heteroatoms. The van der Waals surface area contributed by atoms with Gasteiger partial charge in [-0.05, 0) is 35.7 Å². The summed E-state index contributed by atoms with van der Waals surface area (Å²) in [4.78, 5) is 13.0. The molecule has 0 bridgehead atoms. The molecule has 39 heavy (non-hydrogen) atoms. The third-order valence-electron chi connectivity index (χ3n) is 6.18. The van der Waals surface area contributed by atoms with E-state index in [1.807, 2.05) is 108 Å². The quantitative estimate of drug-likeness (QED) is 0.136. The van der Waals surface area contributed by atoms with Gasteiger partial charge in [0.2, 0.25) is 5.91 Å². The van der Waals surface area contributed by atoms with Crippen LogP contribution >= 0.6 is 35.0 Å². The van der Waals surface area contributed by atoms with Gasteiger partial charge < -0.3 is 5.32 Å². The molecule has 0 saturated heterocycles. The molecule has 5 nitrogen and oxygen atoms in total. The first-order valence-corrected chi connectivity index (χ1v) is 14.3. The highest BCUT2D eigenvalue weighted by Crippen LogP contribution is 2.32. The molecule has 0 aliphatic carbocycles. The molecule has 5 aromatic rings. The minimum Gasteiger partial charge on any atom is -0.345 e. The standard InChI is InChI=1S/C31H26Cl2N4OS/c32-26-19-18-25(21-27(26)33)37-30(24-15-8-3-9-16-24)35-36-31(37)39-20-10-17-28(38)34-29(22-11-4-1-5-12-22)23-13-6-2-7-14-23/h1-9,11-16,18-19,21,29H,10,17,20H2,(H,34,38). The normalized spacial score (nSPS) is 11.1. The van der Waals surface area contributed by atoms with Crippen LogP contribution in [0.2, 0.25) is 10.0 Å². The number of thioether (sulfide) groups is 1. The predicted molar refractivity (Wildman–Crippen MR) is 160 cm³/mol. The van der Waals surface area contributed by atoms with Gasteiger partial charge in [-0.25, -0.2) is 0 Å². The van der Waals surface area contributed by atoms with Crippen molar-refractivity contribution in [2.24, 2.45) is 0 Å². The molecule has 1 aromatic heterocycles. The van der Waals surface area contributed by atoms with Crippen LogP contribution in [0.1, 0.15) is 30.0 Å². The summed E-state index contributed by atoms with van der Waals surface area (Å²) in [5, 5.41) is 13.8. The average Bonchev–Trinajstić information content (AvgIpc) is 3.41. The number of rotatable bonds is 10. The molecule has 0 fully saturated rings. The SMILES string of the molecule is O=C(CCCSc1nnc(-c2ccccc2)n1-c1ccc(Cl)c(Cl)c1)NC(c1ccccc1)c1ccccc1. The predicted octanol–water partition coefficient (Wildman–Crippen LogP) is 8.02. The fraction of sp³-hybridized carbons (Fsp3) is 0.129. The summed E-state index contributed by atoms with van der Waals surface area (Å²) in [5.74, 6) is 1.41. The van der Waals surface area contributed by atoms with Gasteiger partial charge in [-0.3, -0.25) is 9.36 Å². The molecule has 1 N–H and O–H groups in total. The Labute approximate surface area is 242 Å². The number of carbonyl (C=O) groups is 1. The van der Waals surface area contributed by atoms with Gasteiger partial charge in [0, 0.05) is 17.7 Å². The van der Waals surface area contributed by atoms with E-state index in [4.69, 9.17) is 23.2 Å². The van der Waals surface area contributed by atoms with E-state index in [2.05, 4.69) is 15.5 Å². The third-order valence-corrected chi connectivity index (χ3v) is 7.93. The van der Waals surface area contributed by atoms with Crippen LogP contribution in [0, 0.1) is 0 Å². The molecule has 4 aromatic carbocycles. The van der Waals surface area contributed by atoms with Crippen molar-refractivity contribution in [2.75, 3.05) is 5.75 Å². The van der Waals surface area contributed by atoms with Gasteiger partial charge in [0.05, 0.1) is 21.8 Å². The molecule has 0 aliphatic rings. The van der Waals surface area contributed by atoms with Gasteiger partial charge in [0.1, 0.15) is 0 Å². The molecule has 0 saturated carbocycles. The van der Waals surface area contributed by atoms with Crippen molar-refractivity contribution in [3.05, 3.63) is 130 Å². The molecule has 0 spiro atoms. The fourth-order valence-corrected chi connectivity index (χ4v) is 5.46. The molecule has 196 valence electrons. The summed E-state index contributed by atoms with van der Waals surface area (Å²) in [6.45, 7) is 0. The van der Waals surface area contributed by atoms with Gasteiger partial charge >= 0.3 is 0 Å². The second kappa shape index (κ2) is 13.0. The van der Waals surface area contributed by atoms with Gasteiger partial charge in [-0.2, -0.15) is 0 Å². The first kappa shape index (κ1) is 27.0. The monoisotopic (exact) mass is 572 g/mol. The highest BCUT2D eigenvalue weighted by atomic mass is 35.5. The number of aromatic nitrogens is 3.